The predicted octanol–water partition coefficient (Wildman–Crippen LogP) is 7.78. The molecular weight excluding hydrogens is 523 g/mol. The Bertz CT molecular complexity index is 1520. The lowest BCUT2D eigenvalue weighted by atomic mass is 9.97. The number of fused-ring (bicyclic) bond motifs is 1. The van der Waals surface area contributed by atoms with Crippen molar-refractivity contribution in [1.82, 2.24) is 4.90 Å². The standard InChI is InChI=1S/C34H32F3N3O/c35-34(36,37)28-12-9-25(10-13-28)31-5-1-2-6-32(31)33(41)38-29-14-11-27-23-39(20-17-26(27)21-29)22-24-7-15-30(16-8-24)40-18-3-4-19-40/h1-2,5-16,21H,3-4,17-20,22-23H2,(H,38,41). The van der Waals surface area contributed by atoms with E-state index in [9.17, 15) is 18.0 Å². The molecule has 4 nitrogen and oxygen atoms in total. The number of carbonyl (C=O) groups excluding carboxylic acids is 1. The van der Waals surface area contributed by atoms with Gasteiger partial charge in [-0.1, -0.05) is 48.5 Å². The number of carbonyl (C=O) groups is 1. The molecule has 0 bridgehead atoms. The maximum atomic E-state index is 13.3. The van der Waals surface area contributed by atoms with E-state index < -0.39 is 11.7 Å². The number of nitrogens with one attached hydrogen (secondary N) is 1. The van der Waals surface area contributed by atoms with Crippen LogP contribution in [0.4, 0.5) is 24.5 Å². The van der Waals surface area contributed by atoms with Gasteiger partial charge in [-0.3, -0.25) is 9.69 Å². The molecule has 210 valence electrons. The molecule has 0 aromatic heterocycles. The van der Waals surface area contributed by atoms with Crippen LogP contribution in [0.5, 0.6) is 0 Å². The number of benzene rings is 4. The fourth-order valence-electron chi connectivity index (χ4n) is 5.84. The van der Waals surface area contributed by atoms with Crippen LogP contribution in [0.1, 0.15) is 45.5 Å². The SMILES string of the molecule is O=C(Nc1ccc2c(c1)CCN(Cc1ccc(N3CCCC3)cc1)C2)c1ccccc1-c1ccc(C(F)(F)F)cc1. The van der Waals surface area contributed by atoms with Gasteiger partial charge >= 0.3 is 6.18 Å². The number of halogens is 3. The molecule has 0 atom stereocenters. The van der Waals surface area contributed by atoms with Gasteiger partial charge in [-0.15, -0.1) is 0 Å². The van der Waals surface area contributed by atoms with Crippen molar-refractivity contribution in [3.63, 3.8) is 0 Å². The van der Waals surface area contributed by atoms with Crippen molar-refractivity contribution in [2.45, 2.75) is 38.5 Å². The molecule has 7 heteroatoms. The van der Waals surface area contributed by atoms with Crippen LogP contribution in [0, 0.1) is 0 Å². The summed E-state index contributed by atoms with van der Waals surface area (Å²) in [5.74, 6) is -0.296. The third-order valence-electron chi connectivity index (χ3n) is 8.06. The van der Waals surface area contributed by atoms with E-state index in [4.69, 9.17) is 0 Å². The second kappa shape index (κ2) is 11.4. The highest BCUT2D eigenvalue weighted by Gasteiger charge is 2.30. The van der Waals surface area contributed by atoms with Crippen molar-refractivity contribution in [3.8, 4) is 11.1 Å². The van der Waals surface area contributed by atoms with Crippen LogP contribution < -0.4 is 10.2 Å². The van der Waals surface area contributed by atoms with Crippen LogP contribution in [0.3, 0.4) is 0 Å². The molecule has 2 aliphatic heterocycles. The molecule has 4 aromatic carbocycles. The number of alkyl halides is 3. The molecule has 1 N–H and O–H groups in total. The Morgan fingerprint density at radius 1 is 0.805 bits per heavy atom. The molecule has 0 spiro atoms. The summed E-state index contributed by atoms with van der Waals surface area (Å²) in [5, 5.41) is 3.00. The highest BCUT2D eigenvalue weighted by atomic mass is 19.4. The highest BCUT2D eigenvalue weighted by Crippen LogP contribution is 2.32. The van der Waals surface area contributed by atoms with Crippen LogP contribution in [0.15, 0.2) is 91.0 Å². The van der Waals surface area contributed by atoms with Crippen LogP contribution >= 0.6 is 0 Å². The molecule has 0 radical (unpaired) electrons. The lowest BCUT2D eigenvalue weighted by molar-refractivity contribution is -0.137. The summed E-state index contributed by atoms with van der Waals surface area (Å²) in [7, 11) is 0. The first-order valence-corrected chi connectivity index (χ1v) is 14.1. The minimum Gasteiger partial charge on any atom is -0.372 e. The Balaban J connectivity index is 1.11. The van der Waals surface area contributed by atoms with Crippen molar-refractivity contribution >= 4 is 17.3 Å². The highest BCUT2D eigenvalue weighted by molar-refractivity contribution is 6.08. The summed E-state index contributed by atoms with van der Waals surface area (Å²) in [6.45, 7) is 4.99. The number of hydrogen-bond donors (Lipinski definition) is 1. The lowest BCUT2D eigenvalue weighted by Gasteiger charge is -2.29. The van der Waals surface area contributed by atoms with Gasteiger partial charge in [0.15, 0.2) is 0 Å². The van der Waals surface area contributed by atoms with E-state index in [2.05, 4.69) is 45.4 Å². The summed E-state index contributed by atoms with van der Waals surface area (Å²) in [4.78, 5) is 18.2. The number of amides is 1. The molecule has 1 fully saturated rings. The fraction of sp³-hybridized carbons (Fsp3) is 0.265. The molecule has 0 unspecified atom stereocenters. The molecule has 2 heterocycles. The average molecular weight is 556 g/mol. The van der Waals surface area contributed by atoms with Crippen molar-refractivity contribution in [2.75, 3.05) is 29.9 Å². The number of hydrogen-bond acceptors (Lipinski definition) is 3. The maximum Gasteiger partial charge on any atom is 0.416 e. The van der Waals surface area contributed by atoms with Gasteiger partial charge in [0.2, 0.25) is 0 Å². The van der Waals surface area contributed by atoms with Gasteiger partial charge in [-0.2, -0.15) is 13.2 Å². The quantitative estimate of drug-likeness (QED) is 0.264. The third-order valence-corrected chi connectivity index (χ3v) is 8.06. The molecule has 0 aliphatic carbocycles. The van der Waals surface area contributed by atoms with E-state index in [0.717, 1.165) is 51.3 Å². The summed E-state index contributed by atoms with van der Waals surface area (Å²) in [5.41, 5.74) is 6.65. The Morgan fingerprint density at radius 3 is 2.27 bits per heavy atom. The van der Waals surface area contributed by atoms with E-state index in [-0.39, 0.29) is 5.91 Å². The van der Waals surface area contributed by atoms with Crippen LogP contribution in [0.2, 0.25) is 0 Å². The largest absolute Gasteiger partial charge is 0.416 e. The van der Waals surface area contributed by atoms with Crippen molar-refractivity contribution in [1.29, 1.82) is 0 Å². The van der Waals surface area contributed by atoms with E-state index in [1.54, 1.807) is 24.3 Å². The Kier molecular flexibility index (Phi) is 7.54. The van der Waals surface area contributed by atoms with Crippen LogP contribution in [-0.2, 0) is 25.7 Å². The van der Waals surface area contributed by atoms with E-state index in [0.29, 0.717) is 22.4 Å². The zero-order chi connectivity index (χ0) is 28.4. The first kappa shape index (κ1) is 27.1. The van der Waals surface area contributed by atoms with Gasteiger partial charge in [0.05, 0.1) is 5.56 Å². The summed E-state index contributed by atoms with van der Waals surface area (Å²) < 4.78 is 39.0. The van der Waals surface area contributed by atoms with Crippen molar-refractivity contribution < 1.29 is 18.0 Å². The Morgan fingerprint density at radius 2 is 1.54 bits per heavy atom. The molecular formula is C34H32F3N3O. The zero-order valence-electron chi connectivity index (χ0n) is 22.8. The van der Waals surface area contributed by atoms with Crippen LogP contribution in [-0.4, -0.2) is 30.4 Å². The summed E-state index contributed by atoms with van der Waals surface area (Å²) in [6, 6.07) is 26.9. The Hall–Kier alpha value is -4.10. The topological polar surface area (TPSA) is 35.6 Å². The second-order valence-corrected chi connectivity index (χ2v) is 10.9. The minimum absolute atomic E-state index is 0.296. The zero-order valence-corrected chi connectivity index (χ0v) is 22.8. The van der Waals surface area contributed by atoms with Gasteiger partial charge in [-0.25, -0.2) is 0 Å². The fourth-order valence-corrected chi connectivity index (χ4v) is 5.84. The number of rotatable bonds is 6. The first-order chi connectivity index (χ1) is 19.8. The maximum absolute atomic E-state index is 13.3. The predicted molar refractivity (Wildman–Crippen MR) is 157 cm³/mol. The third kappa shape index (κ3) is 6.15. The molecule has 41 heavy (non-hydrogen) atoms. The average Bonchev–Trinajstić information content (AvgIpc) is 3.52. The summed E-state index contributed by atoms with van der Waals surface area (Å²) in [6.07, 6.45) is -0.961. The summed E-state index contributed by atoms with van der Waals surface area (Å²) >= 11 is 0. The lowest BCUT2D eigenvalue weighted by Crippen LogP contribution is -2.30. The van der Waals surface area contributed by atoms with Gasteiger partial charge in [-0.05, 0) is 89.5 Å². The van der Waals surface area contributed by atoms with E-state index in [1.165, 1.54) is 47.4 Å². The van der Waals surface area contributed by atoms with Crippen molar-refractivity contribution in [3.05, 3.63) is 119 Å². The van der Waals surface area contributed by atoms with Gasteiger partial charge in [0.1, 0.15) is 0 Å². The molecule has 6 rings (SSSR count). The smallest absolute Gasteiger partial charge is 0.372 e. The molecule has 1 amide bonds. The molecule has 4 aromatic rings. The minimum atomic E-state index is -4.41. The van der Waals surface area contributed by atoms with Gasteiger partial charge in [0.25, 0.3) is 5.91 Å². The van der Waals surface area contributed by atoms with Crippen molar-refractivity contribution in [2.24, 2.45) is 0 Å². The Labute approximate surface area is 238 Å². The van der Waals surface area contributed by atoms with E-state index >= 15 is 0 Å². The first-order valence-electron chi connectivity index (χ1n) is 14.1. The van der Waals surface area contributed by atoms with E-state index in [1.807, 2.05) is 12.1 Å². The second-order valence-electron chi connectivity index (χ2n) is 10.9. The monoisotopic (exact) mass is 555 g/mol. The molecule has 1 saturated heterocycles. The number of anilines is 2. The van der Waals surface area contributed by atoms with Gasteiger partial charge in [0, 0.05) is 49.7 Å². The number of nitrogens with zero attached hydrogens (tertiary/aromatic N) is 2. The van der Waals surface area contributed by atoms with Crippen LogP contribution in [0.25, 0.3) is 11.1 Å². The molecule has 0 saturated carbocycles. The normalized spacial score (nSPS) is 15.5. The molecule has 2 aliphatic rings. The van der Waals surface area contributed by atoms with Gasteiger partial charge < -0.3 is 10.2 Å².